The third kappa shape index (κ3) is 7.52. The molecule has 3 aromatic rings. The number of hydrogen-bond donors (Lipinski definition) is 7. The van der Waals surface area contributed by atoms with Crippen LogP contribution >= 0.6 is 22.4 Å². The summed E-state index contributed by atoms with van der Waals surface area (Å²) in [5.74, 6) is -0.938. The number of aromatic amines is 1. The number of rotatable bonds is 11. The molecule has 19 nitrogen and oxygen atoms in total. The number of esters is 1. The quantitative estimate of drug-likeness (QED) is 0.106. The highest BCUT2D eigenvalue weighted by Crippen LogP contribution is 2.66. The van der Waals surface area contributed by atoms with E-state index in [1.807, 2.05) is 0 Å². The number of anilines is 1. The fraction of sp³-hybridized carbons (Fsp3) is 0.333. The lowest BCUT2D eigenvalue weighted by molar-refractivity contribution is -0.0520. The summed E-state index contributed by atoms with van der Waals surface area (Å²) in [5.41, 5.74) is -0.300. The molecule has 1 aliphatic heterocycles. The highest BCUT2D eigenvalue weighted by atomic mass is 32.5. The second kappa shape index (κ2) is 12.1. The van der Waals surface area contributed by atoms with Crippen LogP contribution in [0.25, 0.3) is 11.2 Å². The molecule has 7 N–H and O–H groups in total. The predicted octanol–water partition coefficient (Wildman–Crippen LogP) is 0.105. The number of phosphoric ester groups is 1. The summed E-state index contributed by atoms with van der Waals surface area (Å²) in [5, 5.41) is 13.9. The van der Waals surface area contributed by atoms with E-state index in [4.69, 9.17) is 23.8 Å². The van der Waals surface area contributed by atoms with E-state index in [-0.39, 0.29) is 16.7 Å². The Bertz CT molecular complexity index is 1640. The van der Waals surface area contributed by atoms with E-state index in [1.54, 1.807) is 25.2 Å². The van der Waals surface area contributed by atoms with Crippen molar-refractivity contribution in [2.45, 2.75) is 24.5 Å². The molecule has 1 aliphatic rings. The number of para-hydroxylation sites is 1. The Kier molecular flexibility index (Phi) is 9.28. The van der Waals surface area contributed by atoms with Gasteiger partial charge >= 0.3 is 28.3 Å². The Morgan fingerprint density at radius 2 is 1.88 bits per heavy atom. The van der Waals surface area contributed by atoms with E-state index in [9.17, 15) is 33.6 Å². The largest absolute Gasteiger partial charge is 0.488 e. The summed E-state index contributed by atoms with van der Waals surface area (Å²) in [4.78, 5) is 72.9. The molecule has 6 atom stereocenters. The van der Waals surface area contributed by atoms with E-state index in [2.05, 4.69) is 40.7 Å². The van der Waals surface area contributed by atoms with Crippen molar-refractivity contribution in [3.8, 4) is 0 Å². The molecule has 2 aromatic heterocycles. The van der Waals surface area contributed by atoms with Gasteiger partial charge < -0.3 is 44.5 Å². The number of aliphatic hydroxyl groups excluding tert-OH is 1. The van der Waals surface area contributed by atoms with Crippen LogP contribution in [0.3, 0.4) is 0 Å². The minimum Gasteiger partial charge on any atom is -0.453 e. The normalized spacial score (nSPS) is 24.0. The highest BCUT2D eigenvalue weighted by molar-refractivity contribution is 8.08. The lowest BCUT2D eigenvalue weighted by Crippen LogP contribution is -2.38. The minimum atomic E-state index is -5.61. The first-order chi connectivity index (χ1) is 19.1. The Labute approximate surface area is 234 Å². The van der Waals surface area contributed by atoms with Crippen molar-refractivity contribution in [3.63, 3.8) is 0 Å². The van der Waals surface area contributed by atoms with Crippen LogP contribution in [0.2, 0.25) is 0 Å². The van der Waals surface area contributed by atoms with Crippen molar-refractivity contribution in [2.24, 2.45) is 0 Å². The summed E-state index contributed by atoms with van der Waals surface area (Å²) in [6, 6.07) is 6.21. The van der Waals surface area contributed by atoms with Crippen LogP contribution in [0.1, 0.15) is 16.6 Å². The van der Waals surface area contributed by atoms with Gasteiger partial charge in [-0.2, -0.15) is 4.31 Å². The molecule has 1 aromatic carbocycles. The molecule has 1 saturated heterocycles. The molecule has 0 saturated carbocycles. The van der Waals surface area contributed by atoms with Crippen LogP contribution in [0.15, 0.2) is 41.7 Å². The van der Waals surface area contributed by atoms with Gasteiger partial charge in [0, 0.05) is 12.7 Å². The molecular formula is C18H22N5O14P3S. The molecule has 3 heterocycles. The number of aromatic nitrogens is 4. The van der Waals surface area contributed by atoms with E-state index in [1.165, 1.54) is 6.07 Å². The second-order valence-electron chi connectivity index (χ2n) is 8.16. The lowest BCUT2D eigenvalue weighted by Gasteiger charge is -2.22. The number of hydrogen-bond acceptors (Lipinski definition) is 14. The third-order valence-corrected chi connectivity index (χ3v) is 9.83. The zero-order chi connectivity index (χ0) is 30.2. The molecule has 224 valence electrons. The first-order valence-electron chi connectivity index (χ1n) is 11.1. The number of phosphoric acid groups is 2. The number of nitrogens with zero attached hydrogens (tertiary/aromatic N) is 3. The number of carbonyl (C=O) groups excluding carboxylic acids is 1. The average molecular weight is 657 g/mol. The fourth-order valence-corrected chi connectivity index (χ4v) is 7.60. The van der Waals surface area contributed by atoms with Gasteiger partial charge in [0.05, 0.1) is 24.8 Å². The molecule has 0 amide bonds. The molecule has 0 spiro atoms. The summed E-state index contributed by atoms with van der Waals surface area (Å²) in [6.45, 7) is -5.80. The second-order valence-corrected chi connectivity index (χ2v) is 14.0. The number of benzene rings is 1. The summed E-state index contributed by atoms with van der Waals surface area (Å²) >= 11 is 4.04. The number of carbonyl (C=O) groups is 1. The van der Waals surface area contributed by atoms with E-state index in [0.717, 1.165) is 17.2 Å². The molecule has 0 radical (unpaired) electrons. The summed E-state index contributed by atoms with van der Waals surface area (Å²) < 4.78 is 49.1. The van der Waals surface area contributed by atoms with Gasteiger partial charge in [-0.1, -0.05) is 12.1 Å². The molecule has 1 fully saturated rings. The molecule has 23 heteroatoms. The van der Waals surface area contributed by atoms with Gasteiger partial charge in [-0.25, -0.2) is 28.2 Å². The van der Waals surface area contributed by atoms with E-state index >= 15 is 0 Å². The molecular weight excluding hydrogens is 635 g/mol. The monoisotopic (exact) mass is 657 g/mol. The Morgan fingerprint density at radius 3 is 2.56 bits per heavy atom. The number of nitrogens with one attached hydrogen (secondary N) is 2. The van der Waals surface area contributed by atoms with E-state index < -0.39 is 65.0 Å². The molecule has 41 heavy (non-hydrogen) atoms. The standard InChI is InChI=1S/C18H22N5O14P3S/c1-19-10-5-3-2-4-9(10)18(26)35-14-11(6-33-38(27,28)36-39(29,30)37-40(31,32)41)34-17(13(14)24)23-8-22-12-15(23)20-7-21-16(12)25/h2-5,7-8,11,13-14,17,19,24H,6H2,1H3,(H,27,28)(H,29,30)(H,20,21,25)(H2,31,32,41)/t11-,13-,14-,17-/m1/s1. The molecule has 2 unspecified atom stereocenters. The Hall–Kier alpha value is -2.41. The van der Waals surface area contributed by atoms with Gasteiger partial charge in [0.1, 0.15) is 12.2 Å². The van der Waals surface area contributed by atoms with Gasteiger partial charge in [0.2, 0.25) is 0 Å². The summed E-state index contributed by atoms with van der Waals surface area (Å²) in [7, 11) is -9.56. The van der Waals surface area contributed by atoms with Crippen molar-refractivity contribution in [2.75, 3.05) is 19.0 Å². The van der Waals surface area contributed by atoms with Gasteiger partial charge in [-0.3, -0.25) is 13.9 Å². The number of aliphatic hydroxyl groups is 1. The van der Waals surface area contributed by atoms with Crippen LogP contribution in [0, 0.1) is 0 Å². The smallest absolute Gasteiger partial charge is 0.453 e. The third-order valence-electron chi connectivity index (χ3n) is 5.43. The van der Waals surface area contributed by atoms with Crippen molar-refractivity contribution in [3.05, 3.63) is 52.8 Å². The first-order valence-corrected chi connectivity index (χ1v) is 16.7. The van der Waals surface area contributed by atoms with Crippen LogP contribution in [-0.2, 0) is 43.6 Å². The SMILES string of the molecule is CNc1ccccc1C(=O)O[C@H]1[C@@H](O)[C@H](n2cnc3c(=O)[nH]cnc32)O[C@@H]1COP(=O)(O)OP(=O)(O)OP(O)(O)=S. The maximum Gasteiger partial charge on any atom is 0.488 e. The van der Waals surface area contributed by atoms with Crippen molar-refractivity contribution >= 4 is 57.0 Å². The molecule has 0 aliphatic carbocycles. The maximum atomic E-state index is 13.0. The van der Waals surface area contributed by atoms with Crippen molar-refractivity contribution in [1.29, 1.82) is 0 Å². The molecule has 4 rings (SSSR count). The first kappa shape index (κ1) is 31.5. The van der Waals surface area contributed by atoms with Gasteiger partial charge in [-0.05, 0) is 23.9 Å². The lowest BCUT2D eigenvalue weighted by atomic mass is 10.1. The zero-order valence-corrected chi connectivity index (χ0v) is 24.0. The number of fused-ring (bicyclic) bond motifs is 1. The predicted molar refractivity (Wildman–Crippen MR) is 140 cm³/mol. The van der Waals surface area contributed by atoms with Gasteiger partial charge in [-0.15, -0.1) is 0 Å². The Morgan fingerprint density at radius 1 is 1.17 bits per heavy atom. The maximum absolute atomic E-state index is 13.0. The fourth-order valence-electron chi connectivity index (χ4n) is 3.82. The van der Waals surface area contributed by atoms with Crippen LogP contribution < -0.4 is 10.9 Å². The van der Waals surface area contributed by atoms with Crippen LogP contribution in [-0.4, -0.2) is 82.1 Å². The topological polar surface area (TPSA) is 274 Å². The van der Waals surface area contributed by atoms with E-state index in [0.29, 0.717) is 5.69 Å². The highest BCUT2D eigenvalue weighted by Gasteiger charge is 2.49. The number of H-pyrrole nitrogens is 1. The summed E-state index contributed by atoms with van der Waals surface area (Å²) in [6.07, 6.45) is -4.08. The zero-order valence-electron chi connectivity index (χ0n) is 20.5. The average Bonchev–Trinajstić information content (AvgIpc) is 3.42. The number of imidazole rings is 1. The van der Waals surface area contributed by atoms with Crippen LogP contribution in [0.5, 0.6) is 0 Å². The van der Waals surface area contributed by atoms with Crippen LogP contribution in [0.4, 0.5) is 5.69 Å². The minimum absolute atomic E-state index is 0.0248. The van der Waals surface area contributed by atoms with Gasteiger partial charge in [0.25, 0.3) is 5.56 Å². The van der Waals surface area contributed by atoms with Crippen molar-refractivity contribution in [1.82, 2.24) is 19.5 Å². The van der Waals surface area contributed by atoms with Gasteiger partial charge in [0.15, 0.2) is 23.5 Å². The molecule has 0 bridgehead atoms. The number of ether oxygens (including phenoxy) is 2. The van der Waals surface area contributed by atoms with Crippen molar-refractivity contribution < 1.29 is 61.2 Å². The Balaban J connectivity index is 1.60.